The largest absolute Gasteiger partial charge is 0.513 e. The van der Waals surface area contributed by atoms with Gasteiger partial charge in [0.25, 0.3) is 0 Å². The van der Waals surface area contributed by atoms with E-state index in [1.807, 2.05) is 19.9 Å². The van der Waals surface area contributed by atoms with Gasteiger partial charge in [-0.2, -0.15) is 0 Å². The topological polar surface area (TPSA) is 44.8 Å². The van der Waals surface area contributed by atoms with E-state index >= 15 is 0 Å². The number of ether oxygens (including phenoxy) is 3. The van der Waals surface area contributed by atoms with Gasteiger partial charge in [0.2, 0.25) is 0 Å². The number of halogens is 2. The molecule has 0 aliphatic heterocycles. The van der Waals surface area contributed by atoms with Gasteiger partial charge in [-0.15, -0.1) is 0 Å². The van der Waals surface area contributed by atoms with Crippen molar-refractivity contribution in [3.63, 3.8) is 0 Å². The number of hydrogen-bond acceptors (Lipinski definition) is 4. The summed E-state index contributed by atoms with van der Waals surface area (Å²) in [6.07, 6.45) is -0.00683. The summed E-state index contributed by atoms with van der Waals surface area (Å²) >= 11 is 12.4. The molecule has 0 aliphatic rings. The standard InChI is InChI=1S/C18H18Cl2O4/c1-4-12-8-11(2)15(20)9-17(12)23-10-13-14(19)6-5-7-16(13)24-18(21)22-3/h5-9H,4,10H2,1-3H3. The molecule has 0 unspecified atom stereocenters. The van der Waals surface area contributed by atoms with Crippen LogP contribution in [0.25, 0.3) is 0 Å². The van der Waals surface area contributed by atoms with Crippen molar-refractivity contribution >= 4 is 29.4 Å². The molecule has 0 aromatic heterocycles. The van der Waals surface area contributed by atoms with Gasteiger partial charge in [-0.1, -0.05) is 42.3 Å². The first-order valence-electron chi connectivity index (χ1n) is 7.41. The third-order valence-corrected chi connectivity index (χ3v) is 4.29. The van der Waals surface area contributed by atoms with Crippen LogP contribution in [-0.2, 0) is 17.8 Å². The lowest BCUT2D eigenvalue weighted by molar-refractivity contribution is 0.120. The smallest absolute Gasteiger partial charge is 0.488 e. The average molecular weight is 369 g/mol. The molecule has 0 saturated heterocycles. The fourth-order valence-corrected chi connectivity index (χ4v) is 2.56. The van der Waals surface area contributed by atoms with Crippen molar-refractivity contribution in [1.82, 2.24) is 0 Å². The first-order chi connectivity index (χ1) is 11.5. The zero-order valence-corrected chi connectivity index (χ0v) is 15.2. The molecule has 24 heavy (non-hydrogen) atoms. The minimum atomic E-state index is -0.814. The predicted octanol–water partition coefficient (Wildman–Crippen LogP) is 5.59. The Morgan fingerprint density at radius 3 is 2.54 bits per heavy atom. The van der Waals surface area contributed by atoms with Crippen LogP contribution in [-0.4, -0.2) is 13.3 Å². The number of rotatable bonds is 5. The third-order valence-electron chi connectivity index (χ3n) is 3.53. The first-order valence-corrected chi connectivity index (χ1v) is 8.16. The summed E-state index contributed by atoms with van der Waals surface area (Å²) in [5.41, 5.74) is 2.59. The Morgan fingerprint density at radius 2 is 1.88 bits per heavy atom. The van der Waals surface area contributed by atoms with Crippen LogP contribution in [0.1, 0.15) is 23.6 Å². The Labute approximate surface area is 151 Å². The van der Waals surface area contributed by atoms with E-state index in [0.717, 1.165) is 17.5 Å². The van der Waals surface area contributed by atoms with Crippen molar-refractivity contribution in [2.45, 2.75) is 26.9 Å². The molecule has 0 N–H and O–H groups in total. The van der Waals surface area contributed by atoms with Gasteiger partial charge in [-0.3, -0.25) is 0 Å². The Hall–Kier alpha value is -1.91. The Balaban J connectivity index is 2.26. The molecule has 2 aromatic carbocycles. The summed E-state index contributed by atoms with van der Waals surface area (Å²) in [6.45, 7) is 4.12. The van der Waals surface area contributed by atoms with E-state index in [2.05, 4.69) is 4.74 Å². The van der Waals surface area contributed by atoms with Crippen molar-refractivity contribution in [2.75, 3.05) is 7.11 Å². The highest BCUT2D eigenvalue weighted by molar-refractivity contribution is 6.31. The number of carbonyl (C=O) groups is 1. The van der Waals surface area contributed by atoms with Crippen molar-refractivity contribution in [3.8, 4) is 11.5 Å². The predicted molar refractivity (Wildman–Crippen MR) is 94.4 cm³/mol. The molecular weight excluding hydrogens is 351 g/mol. The van der Waals surface area contributed by atoms with Gasteiger partial charge < -0.3 is 14.2 Å². The van der Waals surface area contributed by atoms with Gasteiger partial charge >= 0.3 is 6.16 Å². The number of benzene rings is 2. The third kappa shape index (κ3) is 4.34. The van der Waals surface area contributed by atoms with Crippen LogP contribution < -0.4 is 9.47 Å². The van der Waals surface area contributed by atoms with Crippen molar-refractivity contribution in [3.05, 3.63) is 57.1 Å². The summed E-state index contributed by atoms with van der Waals surface area (Å²) in [5, 5.41) is 1.07. The van der Waals surface area contributed by atoms with E-state index in [1.165, 1.54) is 7.11 Å². The van der Waals surface area contributed by atoms with E-state index in [0.29, 0.717) is 27.1 Å². The van der Waals surface area contributed by atoms with Gasteiger partial charge in [-0.05, 0) is 42.7 Å². The first kappa shape index (κ1) is 18.4. The normalized spacial score (nSPS) is 10.4. The molecule has 0 fully saturated rings. The average Bonchev–Trinajstić information content (AvgIpc) is 2.56. The maximum Gasteiger partial charge on any atom is 0.513 e. The van der Waals surface area contributed by atoms with Gasteiger partial charge in [0.05, 0.1) is 17.7 Å². The molecule has 0 heterocycles. The lowest BCUT2D eigenvalue weighted by Crippen LogP contribution is -2.10. The van der Waals surface area contributed by atoms with E-state index in [4.69, 9.17) is 32.7 Å². The maximum atomic E-state index is 11.4. The summed E-state index contributed by atoms with van der Waals surface area (Å²) in [7, 11) is 1.24. The van der Waals surface area contributed by atoms with Crippen LogP contribution in [0.15, 0.2) is 30.3 Å². The zero-order chi connectivity index (χ0) is 17.7. The van der Waals surface area contributed by atoms with Crippen LogP contribution >= 0.6 is 23.2 Å². The molecule has 0 bridgehead atoms. The van der Waals surface area contributed by atoms with Gasteiger partial charge in [0.1, 0.15) is 18.1 Å². The van der Waals surface area contributed by atoms with Crippen LogP contribution in [0.2, 0.25) is 10.0 Å². The Kier molecular flexibility index (Phi) is 6.35. The maximum absolute atomic E-state index is 11.4. The molecule has 0 atom stereocenters. The molecule has 2 aromatic rings. The molecule has 0 spiro atoms. The van der Waals surface area contributed by atoms with Crippen LogP contribution in [0, 0.1) is 6.92 Å². The van der Waals surface area contributed by atoms with E-state index in [-0.39, 0.29) is 6.61 Å². The second kappa shape index (κ2) is 8.27. The van der Waals surface area contributed by atoms with Crippen molar-refractivity contribution in [1.29, 1.82) is 0 Å². The lowest BCUT2D eigenvalue weighted by atomic mass is 10.1. The Bertz CT molecular complexity index is 744. The van der Waals surface area contributed by atoms with Crippen molar-refractivity contribution in [2.24, 2.45) is 0 Å². The SMILES string of the molecule is CCc1cc(C)c(Cl)cc1OCc1c(Cl)cccc1OC(=O)OC. The van der Waals surface area contributed by atoms with Crippen LogP contribution in [0.3, 0.4) is 0 Å². The van der Waals surface area contributed by atoms with Gasteiger partial charge in [0.15, 0.2) is 0 Å². The Morgan fingerprint density at radius 1 is 1.12 bits per heavy atom. The van der Waals surface area contributed by atoms with Gasteiger partial charge in [0, 0.05) is 5.02 Å². The minimum Gasteiger partial charge on any atom is -0.488 e. The molecule has 2 rings (SSSR count). The van der Waals surface area contributed by atoms with Crippen molar-refractivity contribution < 1.29 is 19.0 Å². The fraction of sp³-hybridized carbons (Fsp3) is 0.278. The van der Waals surface area contributed by atoms with E-state index < -0.39 is 6.16 Å². The highest BCUT2D eigenvalue weighted by Crippen LogP contribution is 2.31. The quantitative estimate of drug-likeness (QED) is 0.509. The van der Waals surface area contributed by atoms with Gasteiger partial charge in [-0.25, -0.2) is 4.79 Å². The van der Waals surface area contributed by atoms with E-state index in [9.17, 15) is 4.79 Å². The molecule has 0 radical (unpaired) electrons. The second-order valence-electron chi connectivity index (χ2n) is 5.12. The summed E-state index contributed by atoms with van der Waals surface area (Å²) < 4.78 is 15.5. The molecule has 128 valence electrons. The monoisotopic (exact) mass is 368 g/mol. The van der Waals surface area contributed by atoms with Crippen LogP contribution in [0.5, 0.6) is 11.5 Å². The molecule has 0 amide bonds. The number of carbonyl (C=O) groups excluding carboxylic acids is 1. The molecular formula is C18H18Cl2O4. The summed E-state index contributed by atoms with van der Waals surface area (Å²) in [4.78, 5) is 11.4. The van der Waals surface area contributed by atoms with Crippen LogP contribution in [0.4, 0.5) is 4.79 Å². The summed E-state index contributed by atoms with van der Waals surface area (Å²) in [5.74, 6) is 0.975. The molecule has 0 aliphatic carbocycles. The second-order valence-corrected chi connectivity index (χ2v) is 5.94. The highest BCUT2D eigenvalue weighted by atomic mass is 35.5. The molecule has 4 nitrogen and oxygen atoms in total. The molecule has 0 saturated carbocycles. The number of methoxy groups -OCH3 is 1. The lowest BCUT2D eigenvalue weighted by Gasteiger charge is -2.15. The minimum absolute atomic E-state index is 0.137. The van der Waals surface area contributed by atoms with E-state index in [1.54, 1.807) is 24.3 Å². The highest BCUT2D eigenvalue weighted by Gasteiger charge is 2.14. The number of hydrogen-bond donors (Lipinski definition) is 0. The fourth-order valence-electron chi connectivity index (χ4n) is 2.19. The summed E-state index contributed by atoms with van der Waals surface area (Å²) in [6, 6.07) is 8.80. The zero-order valence-electron chi connectivity index (χ0n) is 13.7. The molecule has 6 heteroatoms. The number of aryl methyl sites for hydroxylation is 2.